The Hall–Kier alpha value is -6.46. The molecule has 0 spiro atoms. The van der Waals surface area contributed by atoms with Crippen LogP contribution in [0.3, 0.4) is 0 Å². The van der Waals surface area contributed by atoms with Gasteiger partial charge >= 0.3 is 0 Å². The molecule has 0 amide bonds. The van der Waals surface area contributed by atoms with Crippen LogP contribution in [0.5, 0.6) is 0 Å². The van der Waals surface area contributed by atoms with Crippen LogP contribution in [0, 0.1) is 0 Å². The highest BCUT2D eigenvalue weighted by atomic mass is 15.0. The second-order valence-corrected chi connectivity index (χ2v) is 11.6. The first-order valence-electron chi connectivity index (χ1n) is 15.6. The fraction of sp³-hybridized carbons (Fsp3) is 0. The zero-order valence-electron chi connectivity index (χ0n) is 25.3. The number of benzene rings is 6. The molecule has 0 atom stereocenters. The standard InChI is InChI=1S/C42H27N5/c1-2-10-31(11-3-1)41-45-37(26-38(46-41)42-43-27-32-12-4-7-15-36(32)44-42)30-20-18-28(19-21-30)29-22-24-33(25-23-29)47-39-16-8-5-13-34(39)35-14-6-9-17-40(35)47/h1-27H. The van der Waals surface area contributed by atoms with Crippen molar-refractivity contribution in [3.63, 3.8) is 0 Å². The number of fused-ring (bicyclic) bond motifs is 4. The molecule has 0 aliphatic carbocycles. The maximum absolute atomic E-state index is 4.98. The van der Waals surface area contributed by atoms with Crippen molar-refractivity contribution >= 4 is 32.7 Å². The third-order valence-electron chi connectivity index (χ3n) is 8.70. The topological polar surface area (TPSA) is 56.5 Å². The molecule has 47 heavy (non-hydrogen) atoms. The van der Waals surface area contributed by atoms with Crippen molar-refractivity contribution in [1.29, 1.82) is 0 Å². The summed E-state index contributed by atoms with van der Waals surface area (Å²) in [4.78, 5) is 19.4. The van der Waals surface area contributed by atoms with Gasteiger partial charge in [0.05, 0.1) is 22.2 Å². The lowest BCUT2D eigenvalue weighted by Crippen LogP contribution is -1.98. The van der Waals surface area contributed by atoms with Crippen LogP contribution in [0.15, 0.2) is 164 Å². The van der Waals surface area contributed by atoms with Crippen molar-refractivity contribution in [3.05, 3.63) is 164 Å². The molecule has 9 aromatic rings. The number of nitrogens with zero attached hydrogens (tertiary/aromatic N) is 5. The van der Waals surface area contributed by atoms with E-state index in [4.69, 9.17) is 15.0 Å². The Morgan fingerprint density at radius 3 is 1.70 bits per heavy atom. The first-order chi connectivity index (χ1) is 23.3. The molecule has 0 N–H and O–H groups in total. The van der Waals surface area contributed by atoms with Gasteiger partial charge in [0, 0.05) is 39.2 Å². The zero-order chi connectivity index (χ0) is 31.2. The highest BCUT2D eigenvalue weighted by molar-refractivity contribution is 6.09. The highest BCUT2D eigenvalue weighted by Crippen LogP contribution is 2.33. The Bertz CT molecular complexity index is 2500. The van der Waals surface area contributed by atoms with Gasteiger partial charge < -0.3 is 4.57 Å². The molecule has 3 heterocycles. The van der Waals surface area contributed by atoms with E-state index in [-0.39, 0.29) is 0 Å². The second-order valence-electron chi connectivity index (χ2n) is 11.6. The normalized spacial score (nSPS) is 11.4. The second kappa shape index (κ2) is 11.2. The molecule has 0 saturated heterocycles. The summed E-state index contributed by atoms with van der Waals surface area (Å²) in [6.45, 7) is 0. The van der Waals surface area contributed by atoms with Crippen LogP contribution in [0.1, 0.15) is 0 Å². The largest absolute Gasteiger partial charge is 0.309 e. The predicted octanol–water partition coefficient (Wildman–Crippen LogP) is 10.2. The Balaban J connectivity index is 1.08. The van der Waals surface area contributed by atoms with Crippen molar-refractivity contribution in [2.75, 3.05) is 0 Å². The van der Waals surface area contributed by atoms with Gasteiger partial charge in [-0.3, -0.25) is 0 Å². The molecule has 0 aliphatic heterocycles. The number of rotatable bonds is 5. The minimum Gasteiger partial charge on any atom is -0.309 e. The molecule has 220 valence electrons. The summed E-state index contributed by atoms with van der Waals surface area (Å²) < 4.78 is 2.34. The lowest BCUT2D eigenvalue weighted by molar-refractivity contribution is 1.13. The summed E-state index contributed by atoms with van der Waals surface area (Å²) in [7, 11) is 0. The molecular weight excluding hydrogens is 574 g/mol. The first-order valence-corrected chi connectivity index (χ1v) is 15.6. The minimum atomic E-state index is 0.574. The molecule has 0 fully saturated rings. The van der Waals surface area contributed by atoms with Crippen molar-refractivity contribution in [1.82, 2.24) is 24.5 Å². The van der Waals surface area contributed by atoms with Gasteiger partial charge in [-0.25, -0.2) is 19.9 Å². The Morgan fingerprint density at radius 1 is 0.404 bits per heavy atom. The van der Waals surface area contributed by atoms with E-state index >= 15 is 0 Å². The SMILES string of the molecule is c1ccc(-c2nc(-c3ccc(-c4ccc(-n5c6ccccc6c6ccccc65)cc4)cc3)cc(-c3ncc4ccccc4n3)n2)cc1. The van der Waals surface area contributed by atoms with Gasteiger partial charge in [0.2, 0.25) is 0 Å². The van der Waals surface area contributed by atoms with Gasteiger partial charge in [-0.15, -0.1) is 0 Å². The minimum absolute atomic E-state index is 0.574. The zero-order valence-corrected chi connectivity index (χ0v) is 25.3. The van der Waals surface area contributed by atoms with Gasteiger partial charge in [-0.1, -0.05) is 121 Å². The van der Waals surface area contributed by atoms with E-state index in [0.29, 0.717) is 17.3 Å². The summed E-state index contributed by atoms with van der Waals surface area (Å²) in [5.41, 5.74) is 10.2. The lowest BCUT2D eigenvalue weighted by Gasteiger charge is -2.11. The number of hydrogen-bond donors (Lipinski definition) is 0. The smallest absolute Gasteiger partial charge is 0.178 e. The van der Waals surface area contributed by atoms with E-state index in [1.165, 1.54) is 21.8 Å². The Labute approximate surface area is 271 Å². The first kappa shape index (κ1) is 26.9. The van der Waals surface area contributed by atoms with E-state index in [2.05, 4.69) is 107 Å². The van der Waals surface area contributed by atoms with Crippen LogP contribution in [0.25, 0.3) is 83.7 Å². The Morgan fingerprint density at radius 2 is 0.979 bits per heavy atom. The Kier molecular flexibility index (Phi) is 6.39. The molecule has 0 bridgehead atoms. The van der Waals surface area contributed by atoms with Crippen LogP contribution in [-0.2, 0) is 0 Å². The summed E-state index contributed by atoms with van der Waals surface area (Å²) in [6, 6.07) is 54.5. The average Bonchev–Trinajstić information content (AvgIpc) is 3.49. The highest BCUT2D eigenvalue weighted by Gasteiger charge is 2.14. The maximum Gasteiger partial charge on any atom is 0.178 e. The van der Waals surface area contributed by atoms with Gasteiger partial charge in [0.1, 0.15) is 5.69 Å². The van der Waals surface area contributed by atoms with E-state index in [1.807, 2.05) is 66.9 Å². The van der Waals surface area contributed by atoms with E-state index in [0.717, 1.165) is 44.5 Å². The summed E-state index contributed by atoms with van der Waals surface area (Å²) in [6.07, 6.45) is 1.85. The quantitative estimate of drug-likeness (QED) is 0.197. The van der Waals surface area contributed by atoms with Crippen LogP contribution < -0.4 is 0 Å². The van der Waals surface area contributed by atoms with Gasteiger partial charge in [-0.05, 0) is 47.5 Å². The molecule has 5 nitrogen and oxygen atoms in total. The molecule has 3 aromatic heterocycles. The maximum atomic E-state index is 4.98. The van der Waals surface area contributed by atoms with Crippen molar-refractivity contribution < 1.29 is 0 Å². The molecule has 0 saturated carbocycles. The predicted molar refractivity (Wildman–Crippen MR) is 191 cm³/mol. The molecular formula is C42H27N5. The lowest BCUT2D eigenvalue weighted by atomic mass is 10.0. The summed E-state index contributed by atoms with van der Waals surface area (Å²) in [5, 5.41) is 3.52. The molecule has 9 rings (SSSR count). The molecule has 6 aromatic carbocycles. The van der Waals surface area contributed by atoms with Gasteiger partial charge in [0.25, 0.3) is 0 Å². The van der Waals surface area contributed by atoms with Gasteiger partial charge in [0.15, 0.2) is 11.6 Å². The number of hydrogen-bond acceptors (Lipinski definition) is 4. The van der Waals surface area contributed by atoms with Crippen molar-refractivity contribution in [2.45, 2.75) is 0 Å². The number of aromatic nitrogens is 5. The molecule has 5 heteroatoms. The molecule has 0 aliphatic rings. The van der Waals surface area contributed by atoms with Gasteiger partial charge in [-0.2, -0.15) is 0 Å². The van der Waals surface area contributed by atoms with E-state index in [1.54, 1.807) is 0 Å². The average molecular weight is 602 g/mol. The third-order valence-corrected chi connectivity index (χ3v) is 8.70. The van der Waals surface area contributed by atoms with Crippen LogP contribution in [0.2, 0.25) is 0 Å². The van der Waals surface area contributed by atoms with Crippen LogP contribution in [0.4, 0.5) is 0 Å². The summed E-state index contributed by atoms with van der Waals surface area (Å²) in [5.74, 6) is 1.21. The van der Waals surface area contributed by atoms with Crippen LogP contribution >= 0.6 is 0 Å². The third kappa shape index (κ3) is 4.82. The number of para-hydroxylation sites is 3. The fourth-order valence-corrected chi connectivity index (χ4v) is 6.36. The van der Waals surface area contributed by atoms with E-state index in [9.17, 15) is 0 Å². The van der Waals surface area contributed by atoms with E-state index < -0.39 is 0 Å². The molecule has 0 unspecified atom stereocenters. The molecule has 0 radical (unpaired) electrons. The summed E-state index contributed by atoms with van der Waals surface area (Å²) >= 11 is 0. The monoisotopic (exact) mass is 601 g/mol. The van der Waals surface area contributed by atoms with Crippen molar-refractivity contribution in [3.8, 4) is 51.0 Å². The van der Waals surface area contributed by atoms with Crippen LogP contribution in [-0.4, -0.2) is 24.5 Å². The van der Waals surface area contributed by atoms with Crippen molar-refractivity contribution in [2.24, 2.45) is 0 Å². The fourth-order valence-electron chi connectivity index (χ4n) is 6.36.